The number of nitrogens with two attached hydrogens (primary N) is 1. The smallest absolute Gasteiger partial charge is 0.162 e. The number of fused-ring (bicyclic) bond motifs is 1. The van der Waals surface area contributed by atoms with Crippen LogP contribution in [-0.2, 0) is 0 Å². The van der Waals surface area contributed by atoms with Gasteiger partial charge in [-0.3, -0.25) is 0 Å². The van der Waals surface area contributed by atoms with Gasteiger partial charge in [0.15, 0.2) is 11.5 Å². The van der Waals surface area contributed by atoms with Crippen molar-refractivity contribution in [2.24, 2.45) is 5.73 Å². The number of halogens is 2. The van der Waals surface area contributed by atoms with Crippen LogP contribution in [0, 0.1) is 0 Å². The fourth-order valence-corrected chi connectivity index (χ4v) is 1.37. The molecule has 2 rings (SSSR count). The van der Waals surface area contributed by atoms with Gasteiger partial charge >= 0.3 is 0 Å². The predicted octanol–water partition coefficient (Wildman–Crippen LogP) is 1.86. The lowest BCUT2D eigenvalue weighted by molar-refractivity contribution is 0.0969. The molecule has 1 atom stereocenters. The highest BCUT2D eigenvalue weighted by atomic mass is 35.5. The van der Waals surface area contributed by atoms with Crippen LogP contribution in [-0.4, -0.2) is 19.3 Å². The van der Waals surface area contributed by atoms with Crippen molar-refractivity contribution in [3.8, 4) is 11.5 Å². The SMILES string of the molecule is Cl.NCC1COc2cc(Cl)ccc2O1. The minimum absolute atomic E-state index is 0. The first kappa shape index (κ1) is 11.4. The second kappa shape index (κ2) is 4.73. The summed E-state index contributed by atoms with van der Waals surface area (Å²) in [6.45, 7) is 0.950. The second-order valence-electron chi connectivity index (χ2n) is 2.88. The Bertz CT molecular complexity index is 320. The molecule has 3 nitrogen and oxygen atoms in total. The average molecular weight is 236 g/mol. The molecule has 0 radical (unpaired) electrons. The zero-order valence-electron chi connectivity index (χ0n) is 7.40. The maximum Gasteiger partial charge on any atom is 0.162 e. The molecule has 14 heavy (non-hydrogen) atoms. The first-order valence-electron chi connectivity index (χ1n) is 4.08. The van der Waals surface area contributed by atoms with Gasteiger partial charge in [0.1, 0.15) is 12.7 Å². The molecule has 1 heterocycles. The standard InChI is InChI=1S/C9H10ClNO2.ClH/c10-6-1-2-8-9(3-6)12-5-7(4-11)13-8;/h1-3,7H,4-5,11H2;1H. The van der Waals surface area contributed by atoms with Gasteiger partial charge in [-0.1, -0.05) is 11.6 Å². The summed E-state index contributed by atoms with van der Waals surface area (Å²) in [7, 11) is 0. The fraction of sp³-hybridized carbons (Fsp3) is 0.333. The lowest BCUT2D eigenvalue weighted by Gasteiger charge is -2.25. The number of benzene rings is 1. The van der Waals surface area contributed by atoms with Gasteiger partial charge in [0.05, 0.1) is 0 Å². The summed E-state index contributed by atoms with van der Waals surface area (Å²) in [6.07, 6.45) is -0.0475. The lowest BCUT2D eigenvalue weighted by Crippen LogP contribution is -2.35. The zero-order valence-corrected chi connectivity index (χ0v) is 8.98. The van der Waals surface area contributed by atoms with Crippen LogP contribution in [0.2, 0.25) is 5.02 Å². The van der Waals surface area contributed by atoms with Crippen LogP contribution in [0.1, 0.15) is 0 Å². The Morgan fingerprint density at radius 2 is 2.21 bits per heavy atom. The largest absolute Gasteiger partial charge is 0.486 e. The number of hydrogen-bond acceptors (Lipinski definition) is 3. The molecule has 1 aliphatic rings. The Kier molecular flexibility index (Phi) is 3.86. The van der Waals surface area contributed by atoms with Gasteiger partial charge in [0.2, 0.25) is 0 Å². The highest BCUT2D eigenvalue weighted by Crippen LogP contribution is 2.33. The molecule has 0 saturated carbocycles. The van der Waals surface area contributed by atoms with Crippen molar-refractivity contribution in [2.75, 3.05) is 13.2 Å². The maximum atomic E-state index is 5.79. The molecule has 0 spiro atoms. The molecule has 78 valence electrons. The number of rotatable bonds is 1. The molecule has 0 fully saturated rings. The van der Waals surface area contributed by atoms with E-state index in [1.165, 1.54) is 0 Å². The van der Waals surface area contributed by atoms with E-state index in [0.717, 1.165) is 0 Å². The molecular formula is C9H11Cl2NO2. The normalized spacial score (nSPS) is 18.6. The van der Waals surface area contributed by atoms with E-state index >= 15 is 0 Å². The van der Waals surface area contributed by atoms with Crippen molar-refractivity contribution in [1.29, 1.82) is 0 Å². The summed E-state index contributed by atoms with van der Waals surface area (Å²) in [5.41, 5.74) is 5.46. The van der Waals surface area contributed by atoms with Crippen molar-refractivity contribution in [1.82, 2.24) is 0 Å². The van der Waals surface area contributed by atoms with Gasteiger partial charge in [-0.15, -0.1) is 12.4 Å². The third-order valence-corrected chi connectivity index (χ3v) is 2.12. The van der Waals surface area contributed by atoms with Crippen molar-refractivity contribution >= 4 is 24.0 Å². The first-order valence-corrected chi connectivity index (χ1v) is 4.46. The van der Waals surface area contributed by atoms with Crippen molar-refractivity contribution < 1.29 is 9.47 Å². The highest BCUT2D eigenvalue weighted by molar-refractivity contribution is 6.30. The van der Waals surface area contributed by atoms with Gasteiger partial charge in [0, 0.05) is 17.6 Å². The molecule has 0 amide bonds. The van der Waals surface area contributed by atoms with Crippen molar-refractivity contribution in [2.45, 2.75) is 6.10 Å². The van der Waals surface area contributed by atoms with Crippen LogP contribution >= 0.6 is 24.0 Å². The minimum Gasteiger partial charge on any atom is -0.486 e. The van der Waals surface area contributed by atoms with Crippen LogP contribution in [0.15, 0.2) is 18.2 Å². The van der Waals surface area contributed by atoms with E-state index in [1.807, 2.05) is 0 Å². The molecule has 0 aromatic heterocycles. The van der Waals surface area contributed by atoms with Gasteiger partial charge in [-0.25, -0.2) is 0 Å². The van der Waals surface area contributed by atoms with Gasteiger partial charge < -0.3 is 15.2 Å². The molecule has 0 bridgehead atoms. The fourth-order valence-electron chi connectivity index (χ4n) is 1.20. The van der Waals surface area contributed by atoms with E-state index in [9.17, 15) is 0 Å². The Hall–Kier alpha value is -0.640. The number of ether oxygens (including phenoxy) is 2. The Morgan fingerprint density at radius 3 is 2.93 bits per heavy atom. The molecule has 1 aromatic carbocycles. The van der Waals surface area contributed by atoms with Crippen LogP contribution in [0.5, 0.6) is 11.5 Å². The zero-order chi connectivity index (χ0) is 9.26. The molecule has 5 heteroatoms. The third-order valence-electron chi connectivity index (χ3n) is 1.89. The lowest BCUT2D eigenvalue weighted by atomic mass is 10.2. The van der Waals surface area contributed by atoms with Crippen LogP contribution in [0.25, 0.3) is 0 Å². The molecule has 0 aliphatic carbocycles. The molecule has 1 unspecified atom stereocenters. The number of hydrogen-bond donors (Lipinski definition) is 1. The molecule has 1 aromatic rings. The summed E-state index contributed by atoms with van der Waals surface area (Å²) >= 11 is 5.79. The average Bonchev–Trinajstić information content (AvgIpc) is 2.17. The Balaban J connectivity index is 0.000000980. The quantitative estimate of drug-likeness (QED) is 0.809. The summed E-state index contributed by atoms with van der Waals surface area (Å²) in [5.74, 6) is 1.41. The maximum absolute atomic E-state index is 5.79. The minimum atomic E-state index is -0.0475. The molecule has 2 N–H and O–H groups in total. The van der Waals surface area contributed by atoms with E-state index in [0.29, 0.717) is 29.7 Å². The van der Waals surface area contributed by atoms with E-state index in [2.05, 4.69) is 0 Å². The van der Waals surface area contributed by atoms with E-state index < -0.39 is 0 Å². The molecular weight excluding hydrogens is 225 g/mol. The summed E-state index contributed by atoms with van der Waals surface area (Å²) in [5, 5.41) is 0.647. The van der Waals surface area contributed by atoms with Crippen LogP contribution < -0.4 is 15.2 Å². The predicted molar refractivity (Wildman–Crippen MR) is 57.7 cm³/mol. The van der Waals surface area contributed by atoms with Gasteiger partial charge in [0.25, 0.3) is 0 Å². The third kappa shape index (κ3) is 2.23. The summed E-state index contributed by atoms with van der Waals surface area (Å²) in [4.78, 5) is 0. The van der Waals surface area contributed by atoms with Crippen molar-refractivity contribution in [3.63, 3.8) is 0 Å². The summed E-state index contributed by atoms with van der Waals surface area (Å²) in [6, 6.07) is 5.30. The topological polar surface area (TPSA) is 44.5 Å². The highest BCUT2D eigenvalue weighted by Gasteiger charge is 2.19. The van der Waals surface area contributed by atoms with Gasteiger partial charge in [-0.2, -0.15) is 0 Å². The molecule has 1 aliphatic heterocycles. The summed E-state index contributed by atoms with van der Waals surface area (Å²) < 4.78 is 10.9. The second-order valence-corrected chi connectivity index (χ2v) is 3.31. The van der Waals surface area contributed by atoms with E-state index in [-0.39, 0.29) is 18.5 Å². The Morgan fingerprint density at radius 1 is 1.43 bits per heavy atom. The van der Waals surface area contributed by atoms with Crippen LogP contribution in [0.3, 0.4) is 0 Å². The van der Waals surface area contributed by atoms with E-state index in [1.54, 1.807) is 18.2 Å². The van der Waals surface area contributed by atoms with E-state index in [4.69, 9.17) is 26.8 Å². The Labute approximate surface area is 93.5 Å². The van der Waals surface area contributed by atoms with Gasteiger partial charge in [-0.05, 0) is 12.1 Å². The first-order chi connectivity index (χ1) is 6.29. The molecule has 0 saturated heterocycles. The van der Waals surface area contributed by atoms with Crippen molar-refractivity contribution in [3.05, 3.63) is 23.2 Å². The van der Waals surface area contributed by atoms with Crippen LogP contribution in [0.4, 0.5) is 0 Å². The monoisotopic (exact) mass is 235 g/mol.